The van der Waals surface area contributed by atoms with Crippen molar-refractivity contribution in [1.29, 1.82) is 0 Å². The van der Waals surface area contributed by atoms with Gasteiger partial charge in [-0.05, 0) is 19.1 Å². The van der Waals surface area contributed by atoms with Gasteiger partial charge in [-0.15, -0.1) is 0 Å². The van der Waals surface area contributed by atoms with Crippen LogP contribution < -0.4 is 5.73 Å². The fraction of sp³-hybridized carbons (Fsp3) is 0.364. The van der Waals surface area contributed by atoms with Crippen molar-refractivity contribution in [3.8, 4) is 0 Å². The van der Waals surface area contributed by atoms with Crippen molar-refractivity contribution in [2.45, 2.75) is 25.9 Å². The number of pyridine rings is 1. The predicted molar refractivity (Wildman–Crippen MR) is 60.5 cm³/mol. The van der Waals surface area contributed by atoms with Crippen molar-refractivity contribution in [2.24, 2.45) is 5.73 Å². The van der Waals surface area contributed by atoms with Gasteiger partial charge < -0.3 is 5.73 Å². The minimum absolute atomic E-state index is 0.301. The van der Waals surface area contributed by atoms with E-state index >= 15 is 0 Å². The summed E-state index contributed by atoms with van der Waals surface area (Å²) in [5.41, 5.74) is 6.64. The Bertz CT molecular complexity index is 479. The van der Waals surface area contributed by atoms with Crippen LogP contribution in [0.3, 0.4) is 0 Å². The molecular formula is C11H14FN5. The first-order valence-corrected chi connectivity index (χ1v) is 5.44. The molecule has 0 spiro atoms. The van der Waals surface area contributed by atoms with Crippen LogP contribution in [0, 0.1) is 5.82 Å². The average molecular weight is 235 g/mol. The van der Waals surface area contributed by atoms with Crippen LogP contribution in [0.4, 0.5) is 4.39 Å². The van der Waals surface area contributed by atoms with Crippen LogP contribution in [0.2, 0.25) is 0 Å². The molecule has 0 saturated heterocycles. The Labute approximate surface area is 98.5 Å². The van der Waals surface area contributed by atoms with E-state index in [-0.39, 0.29) is 11.9 Å². The largest absolute Gasteiger partial charge is 0.322 e. The molecule has 90 valence electrons. The zero-order valence-corrected chi connectivity index (χ0v) is 9.55. The van der Waals surface area contributed by atoms with E-state index in [9.17, 15) is 4.39 Å². The molecule has 2 aromatic rings. The monoisotopic (exact) mass is 235 g/mol. The smallest absolute Gasteiger partial charge is 0.141 e. The summed E-state index contributed by atoms with van der Waals surface area (Å²) in [6.07, 6.45) is 3.20. The molecule has 0 radical (unpaired) electrons. The first-order valence-electron chi connectivity index (χ1n) is 5.44. The molecule has 2 aromatic heterocycles. The van der Waals surface area contributed by atoms with E-state index < -0.39 is 0 Å². The molecule has 17 heavy (non-hydrogen) atoms. The Morgan fingerprint density at radius 3 is 2.88 bits per heavy atom. The van der Waals surface area contributed by atoms with Gasteiger partial charge in [-0.25, -0.2) is 9.37 Å². The quantitative estimate of drug-likeness (QED) is 0.860. The van der Waals surface area contributed by atoms with E-state index in [0.29, 0.717) is 12.1 Å². The summed E-state index contributed by atoms with van der Waals surface area (Å²) in [6, 6.07) is 2.64. The second-order valence-corrected chi connectivity index (χ2v) is 3.70. The van der Waals surface area contributed by atoms with Crippen molar-refractivity contribution in [2.75, 3.05) is 0 Å². The second kappa shape index (κ2) is 5.01. The highest BCUT2D eigenvalue weighted by Crippen LogP contribution is 2.12. The van der Waals surface area contributed by atoms with E-state index in [1.54, 1.807) is 10.7 Å². The Morgan fingerprint density at radius 1 is 1.41 bits per heavy atom. The third kappa shape index (κ3) is 2.65. The van der Waals surface area contributed by atoms with Gasteiger partial charge in [-0.1, -0.05) is 0 Å². The normalized spacial score (nSPS) is 12.6. The SMILES string of the molecule is CCn1ncnc1CC(N)c1ccc(F)cn1. The minimum atomic E-state index is -0.363. The van der Waals surface area contributed by atoms with E-state index in [1.807, 2.05) is 6.92 Å². The maximum absolute atomic E-state index is 12.7. The number of hydrogen-bond acceptors (Lipinski definition) is 4. The summed E-state index contributed by atoms with van der Waals surface area (Å²) in [5.74, 6) is 0.448. The van der Waals surface area contributed by atoms with E-state index in [1.165, 1.54) is 18.6 Å². The molecule has 0 aromatic carbocycles. The first kappa shape index (κ1) is 11.7. The molecular weight excluding hydrogens is 221 g/mol. The van der Waals surface area contributed by atoms with Crippen molar-refractivity contribution in [1.82, 2.24) is 19.7 Å². The van der Waals surface area contributed by atoms with Crippen LogP contribution in [0.25, 0.3) is 0 Å². The lowest BCUT2D eigenvalue weighted by molar-refractivity contribution is 0.571. The number of nitrogens with two attached hydrogens (primary N) is 1. The highest BCUT2D eigenvalue weighted by Gasteiger charge is 2.12. The molecule has 2 heterocycles. The van der Waals surface area contributed by atoms with Crippen LogP contribution in [-0.2, 0) is 13.0 Å². The lowest BCUT2D eigenvalue weighted by atomic mass is 10.1. The van der Waals surface area contributed by atoms with Gasteiger partial charge in [0.15, 0.2) is 0 Å². The minimum Gasteiger partial charge on any atom is -0.322 e. The molecule has 0 fully saturated rings. The van der Waals surface area contributed by atoms with Crippen LogP contribution in [0.15, 0.2) is 24.7 Å². The molecule has 0 amide bonds. The van der Waals surface area contributed by atoms with Crippen molar-refractivity contribution >= 4 is 0 Å². The maximum Gasteiger partial charge on any atom is 0.141 e. The third-order valence-corrected chi connectivity index (χ3v) is 2.53. The predicted octanol–water partition coefficient (Wildman–Crippen LogP) is 1.07. The van der Waals surface area contributed by atoms with Gasteiger partial charge in [0.2, 0.25) is 0 Å². The number of aryl methyl sites for hydroxylation is 1. The van der Waals surface area contributed by atoms with Crippen LogP contribution in [-0.4, -0.2) is 19.7 Å². The molecule has 0 bridgehead atoms. The standard InChI is InChI=1S/C11H14FN5/c1-2-17-11(15-7-16-17)5-9(13)10-4-3-8(12)6-14-10/h3-4,6-7,9H,2,5,13H2,1H3. The molecule has 0 aliphatic rings. The number of hydrogen-bond donors (Lipinski definition) is 1. The van der Waals surface area contributed by atoms with E-state index in [0.717, 1.165) is 12.4 Å². The van der Waals surface area contributed by atoms with Gasteiger partial charge in [0.1, 0.15) is 18.0 Å². The van der Waals surface area contributed by atoms with Crippen LogP contribution in [0.5, 0.6) is 0 Å². The summed E-state index contributed by atoms with van der Waals surface area (Å²) in [4.78, 5) is 8.10. The molecule has 6 heteroatoms. The number of halogens is 1. The topological polar surface area (TPSA) is 69.6 Å². The summed E-state index contributed by atoms with van der Waals surface area (Å²) < 4.78 is 14.5. The van der Waals surface area contributed by atoms with Gasteiger partial charge in [-0.3, -0.25) is 9.67 Å². The van der Waals surface area contributed by atoms with Crippen molar-refractivity contribution < 1.29 is 4.39 Å². The fourth-order valence-electron chi connectivity index (χ4n) is 1.62. The van der Waals surface area contributed by atoms with E-state index in [4.69, 9.17) is 5.73 Å². The van der Waals surface area contributed by atoms with Crippen molar-refractivity contribution in [3.05, 3.63) is 42.0 Å². The lowest BCUT2D eigenvalue weighted by Gasteiger charge is -2.10. The second-order valence-electron chi connectivity index (χ2n) is 3.70. The molecule has 2 rings (SSSR count). The molecule has 0 aliphatic heterocycles. The molecule has 5 nitrogen and oxygen atoms in total. The van der Waals surface area contributed by atoms with Gasteiger partial charge in [-0.2, -0.15) is 5.10 Å². The summed E-state index contributed by atoms with van der Waals surface area (Å²) in [7, 11) is 0. The first-order chi connectivity index (χ1) is 8.20. The molecule has 2 N–H and O–H groups in total. The Balaban J connectivity index is 2.11. The molecule has 0 saturated carbocycles. The average Bonchev–Trinajstić information content (AvgIpc) is 2.77. The zero-order chi connectivity index (χ0) is 12.3. The maximum atomic E-state index is 12.7. The molecule has 1 unspecified atom stereocenters. The van der Waals surface area contributed by atoms with Crippen molar-refractivity contribution in [3.63, 3.8) is 0 Å². The third-order valence-electron chi connectivity index (χ3n) is 2.53. The Kier molecular flexibility index (Phi) is 3.43. The van der Waals surface area contributed by atoms with Gasteiger partial charge >= 0.3 is 0 Å². The number of aromatic nitrogens is 4. The highest BCUT2D eigenvalue weighted by atomic mass is 19.1. The Morgan fingerprint density at radius 2 is 2.24 bits per heavy atom. The van der Waals surface area contributed by atoms with Crippen LogP contribution in [0.1, 0.15) is 24.5 Å². The van der Waals surface area contributed by atoms with Gasteiger partial charge in [0.05, 0.1) is 17.9 Å². The number of nitrogens with zero attached hydrogens (tertiary/aromatic N) is 4. The van der Waals surface area contributed by atoms with Gasteiger partial charge in [0, 0.05) is 13.0 Å². The Hall–Kier alpha value is -1.82. The number of rotatable bonds is 4. The van der Waals surface area contributed by atoms with Gasteiger partial charge in [0.25, 0.3) is 0 Å². The van der Waals surface area contributed by atoms with E-state index in [2.05, 4.69) is 15.1 Å². The summed E-state index contributed by atoms with van der Waals surface area (Å²) >= 11 is 0. The molecule has 0 aliphatic carbocycles. The summed E-state index contributed by atoms with van der Waals surface area (Å²) in [6.45, 7) is 2.73. The lowest BCUT2D eigenvalue weighted by Crippen LogP contribution is -2.18. The summed E-state index contributed by atoms with van der Waals surface area (Å²) in [5, 5.41) is 4.07. The van der Waals surface area contributed by atoms with Crippen LogP contribution >= 0.6 is 0 Å². The zero-order valence-electron chi connectivity index (χ0n) is 9.55. The fourth-order valence-corrected chi connectivity index (χ4v) is 1.62. The highest BCUT2D eigenvalue weighted by molar-refractivity contribution is 5.11. The molecule has 1 atom stereocenters.